The summed E-state index contributed by atoms with van der Waals surface area (Å²) in [6.07, 6.45) is 15.5. The van der Waals surface area contributed by atoms with Crippen LogP contribution in [0.4, 0.5) is 0 Å². The molecule has 16 heavy (non-hydrogen) atoms. The van der Waals surface area contributed by atoms with Crippen LogP contribution in [-0.2, 0) is 9.53 Å². The zero-order valence-corrected chi connectivity index (χ0v) is 10.6. The number of rotatable bonds is 9. The molecule has 0 aromatic heterocycles. The maximum Gasteiger partial charge on any atom is 0.302 e. The molecule has 0 bridgehead atoms. The van der Waals surface area contributed by atoms with Gasteiger partial charge in [0.25, 0.3) is 0 Å². The minimum atomic E-state index is -0.187. The second-order valence-electron chi connectivity index (χ2n) is 3.81. The summed E-state index contributed by atoms with van der Waals surface area (Å²) in [4.78, 5) is 10.5. The Balaban J connectivity index is 3.13. The monoisotopic (exact) mass is 224 g/mol. The van der Waals surface area contributed by atoms with Crippen LogP contribution in [0, 0.1) is 0 Å². The maximum atomic E-state index is 10.5. The van der Waals surface area contributed by atoms with Gasteiger partial charge in [0.15, 0.2) is 0 Å². The van der Waals surface area contributed by atoms with Crippen molar-refractivity contribution in [2.24, 2.45) is 0 Å². The molecule has 0 heterocycles. The van der Waals surface area contributed by atoms with Crippen molar-refractivity contribution in [3.8, 4) is 0 Å². The van der Waals surface area contributed by atoms with E-state index in [1.54, 1.807) is 0 Å². The Morgan fingerprint density at radius 3 is 2.12 bits per heavy atom. The number of hydrogen-bond donors (Lipinski definition) is 0. The summed E-state index contributed by atoms with van der Waals surface area (Å²) < 4.78 is 4.83. The summed E-state index contributed by atoms with van der Waals surface area (Å²) in [5, 5.41) is 0. The van der Waals surface area contributed by atoms with Crippen LogP contribution in [0.15, 0.2) is 24.3 Å². The third kappa shape index (κ3) is 12.9. The van der Waals surface area contributed by atoms with Crippen molar-refractivity contribution in [2.45, 2.75) is 52.4 Å². The van der Waals surface area contributed by atoms with Gasteiger partial charge in [-0.05, 0) is 45.4 Å². The van der Waals surface area contributed by atoms with Crippen LogP contribution < -0.4 is 0 Å². The first-order valence-electron chi connectivity index (χ1n) is 6.17. The van der Waals surface area contributed by atoms with Gasteiger partial charge >= 0.3 is 5.97 Å². The molecule has 0 aromatic carbocycles. The summed E-state index contributed by atoms with van der Waals surface area (Å²) in [5.74, 6) is -0.187. The molecule has 0 atom stereocenters. The Morgan fingerprint density at radius 1 is 1.00 bits per heavy atom. The Bertz CT molecular complexity index is 217. The summed E-state index contributed by atoms with van der Waals surface area (Å²) in [6, 6.07) is 0. The first-order valence-corrected chi connectivity index (χ1v) is 6.17. The first kappa shape index (κ1) is 14.9. The molecule has 0 N–H and O–H groups in total. The fourth-order valence-corrected chi connectivity index (χ4v) is 1.34. The van der Waals surface area contributed by atoms with Crippen molar-refractivity contribution in [1.82, 2.24) is 0 Å². The summed E-state index contributed by atoms with van der Waals surface area (Å²) >= 11 is 0. The normalized spacial score (nSPS) is 11.4. The van der Waals surface area contributed by atoms with E-state index in [1.807, 2.05) is 0 Å². The molecule has 0 radical (unpaired) electrons. The summed E-state index contributed by atoms with van der Waals surface area (Å²) in [7, 11) is 0. The van der Waals surface area contributed by atoms with Gasteiger partial charge in [0.2, 0.25) is 0 Å². The highest BCUT2D eigenvalue weighted by Crippen LogP contribution is 2.02. The summed E-state index contributed by atoms with van der Waals surface area (Å²) in [6.45, 7) is 4.05. The molecule has 0 spiro atoms. The molecule has 0 unspecified atom stereocenters. The fourth-order valence-electron chi connectivity index (χ4n) is 1.34. The SMILES string of the molecule is C/C=C/CCCC/C=C/CCCOC(C)=O. The maximum absolute atomic E-state index is 10.5. The molecule has 2 heteroatoms. The van der Waals surface area contributed by atoms with Crippen LogP contribution >= 0.6 is 0 Å². The average molecular weight is 224 g/mol. The van der Waals surface area contributed by atoms with Gasteiger partial charge in [0, 0.05) is 6.92 Å². The topological polar surface area (TPSA) is 26.3 Å². The highest BCUT2D eigenvalue weighted by Gasteiger charge is 1.90. The standard InChI is InChI=1S/C14H24O2/c1-3-4-5-6-7-8-9-10-11-12-13-16-14(2)15/h3-4,9-10H,5-8,11-13H2,1-2H3/b4-3+,10-9+. The number of unbranched alkanes of at least 4 members (excludes halogenated alkanes) is 4. The van der Waals surface area contributed by atoms with E-state index in [9.17, 15) is 4.79 Å². The Labute approximate surface area is 99.4 Å². The van der Waals surface area contributed by atoms with Gasteiger partial charge in [-0.1, -0.05) is 24.3 Å². The number of esters is 1. The van der Waals surface area contributed by atoms with Gasteiger partial charge in [0.05, 0.1) is 6.61 Å². The third-order valence-electron chi connectivity index (χ3n) is 2.21. The molecule has 0 aliphatic heterocycles. The molecular weight excluding hydrogens is 200 g/mol. The van der Waals surface area contributed by atoms with Crippen molar-refractivity contribution >= 4 is 5.97 Å². The van der Waals surface area contributed by atoms with Crippen LogP contribution in [0.3, 0.4) is 0 Å². The predicted octanol–water partition coefficient (Wildman–Crippen LogP) is 4.02. The van der Waals surface area contributed by atoms with Crippen molar-refractivity contribution in [3.63, 3.8) is 0 Å². The van der Waals surface area contributed by atoms with E-state index >= 15 is 0 Å². The highest BCUT2D eigenvalue weighted by atomic mass is 16.5. The third-order valence-corrected chi connectivity index (χ3v) is 2.21. The van der Waals surface area contributed by atoms with E-state index < -0.39 is 0 Å². The number of carbonyl (C=O) groups excluding carboxylic acids is 1. The molecule has 0 aromatic rings. The lowest BCUT2D eigenvalue weighted by molar-refractivity contribution is -0.141. The van der Waals surface area contributed by atoms with Crippen LogP contribution in [0.1, 0.15) is 52.4 Å². The van der Waals surface area contributed by atoms with Gasteiger partial charge in [0.1, 0.15) is 0 Å². The smallest absolute Gasteiger partial charge is 0.302 e. The number of ether oxygens (including phenoxy) is 1. The van der Waals surface area contributed by atoms with Crippen molar-refractivity contribution in [2.75, 3.05) is 6.61 Å². The van der Waals surface area contributed by atoms with E-state index in [4.69, 9.17) is 4.74 Å². The number of allylic oxidation sites excluding steroid dienone is 4. The largest absolute Gasteiger partial charge is 0.466 e. The van der Waals surface area contributed by atoms with Gasteiger partial charge in [-0.15, -0.1) is 0 Å². The number of carbonyl (C=O) groups is 1. The second-order valence-corrected chi connectivity index (χ2v) is 3.81. The molecule has 0 amide bonds. The highest BCUT2D eigenvalue weighted by molar-refractivity contribution is 5.65. The molecule has 92 valence electrons. The molecule has 0 aliphatic rings. The van der Waals surface area contributed by atoms with E-state index in [0.29, 0.717) is 6.61 Å². The molecule has 2 nitrogen and oxygen atoms in total. The van der Waals surface area contributed by atoms with Crippen LogP contribution in [-0.4, -0.2) is 12.6 Å². The van der Waals surface area contributed by atoms with Crippen LogP contribution in [0.2, 0.25) is 0 Å². The lowest BCUT2D eigenvalue weighted by Gasteiger charge is -1.98. The Hall–Kier alpha value is -1.05. The summed E-state index contributed by atoms with van der Waals surface area (Å²) in [5.41, 5.74) is 0. The van der Waals surface area contributed by atoms with Crippen molar-refractivity contribution in [1.29, 1.82) is 0 Å². The van der Waals surface area contributed by atoms with Crippen LogP contribution in [0.5, 0.6) is 0 Å². The molecule has 0 aliphatic carbocycles. The zero-order valence-electron chi connectivity index (χ0n) is 10.6. The lowest BCUT2D eigenvalue weighted by Crippen LogP contribution is -1.99. The molecule has 0 rings (SSSR count). The second kappa shape index (κ2) is 12.0. The predicted molar refractivity (Wildman–Crippen MR) is 68.3 cm³/mol. The molecule has 0 saturated heterocycles. The van der Waals surface area contributed by atoms with E-state index in [-0.39, 0.29) is 5.97 Å². The molecule has 0 fully saturated rings. The van der Waals surface area contributed by atoms with E-state index in [0.717, 1.165) is 19.3 Å². The van der Waals surface area contributed by atoms with Crippen molar-refractivity contribution in [3.05, 3.63) is 24.3 Å². The van der Waals surface area contributed by atoms with Crippen LogP contribution in [0.25, 0.3) is 0 Å². The molecule has 0 saturated carbocycles. The Kier molecular flexibility index (Phi) is 11.2. The molecular formula is C14H24O2. The lowest BCUT2D eigenvalue weighted by atomic mass is 10.1. The van der Waals surface area contributed by atoms with Gasteiger partial charge < -0.3 is 4.74 Å². The average Bonchev–Trinajstić information content (AvgIpc) is 2.25. The minimum absolute atomic E-state index is 0.187. The Morgan fingerprint density at radius 2 is 1.56 bits per heavy atom. The number of hydrogen-bond acceptors (Lipinski definition) is 2. The minimum Gasteiger partial charge on any atom is -0.466 e. The first-order chi connectivity index (χ1) is 7.77. The van der Waals surface area contributed by atoms with E-state index in [2.05, 4.69) is 31.2 Å². The zero-order chi connectivity index (χ0) is 12.1. The van der Waals surface area contributed by atoms with Crippen molar-refractivity contribution < 1.29 is 9.53 Å². The van der Waals surface area contributed by atoms with Gasteiger partial charge in [-0.3, -0.25) is 4.79 Å². The quantitative estimate of drug-likeness (QED) is 0.336. The van der Waals surface area contributed by atoms with E-state index in [1.165, 1.54) is 26.2 Å². The fraction of sp³-hybridized carbons (Fsp3) is 0.643. The van der Waals surface area contributed by atoms with Gasteiger partial charge in [-0.25, -0.2) is 0 Å². The van der Waals surface area contributed by atoms with Gasteiger partial charge in [-0.2, -0.15) is 0 Å².